The van der Waals surface area contributed by atoms with Crippen molar-refractivity contribution in [1.29, 1.82) is 0 Å². The zero-order valence-electron chi connectivity index (χ0n) is 22.7. The van der Waals surface area contributed by atoms with Gasteiger partial charge in [0.05, 0.1) is 6.04 Å². The Morgan fingerprint density at radius 3 is 2.45 bits per heavy atom. The molecule has 3 aromatic rings. The van der Waals surface area contributed by atoms with Crippen LogP contribution in [0.5, 0.6) is 0 Å². The van der Waals surface area contributed by atoms with Crippen molar-refractivity contribution >= 4 is 34.4 Å². The number of hydrogen-bond acceptors (Lipinski definition) is 3. The van der Waals surface area contributed by atoms with Gasteiger partial charge in [0.2, 0.25) is 5.91 Å². The lowest BCUT2D eigenvalue weighted by molar-refractivity contribution is -0.123. The third-order valence-corrected chi connectivity index (χ3v) is 7.58. The Labute approximate surface area is 229 Å². The molecule has 1 saturated heterocycles. The molecule has 7 heteroatoms. The average Bonchev–Trinajstić information content (AvgIpc) is 2.84. The molecule has 0 bridgehead atoms. The minimum absolute atomic E-state index is 0.131. The quantitative estimate of drug-likeness (QED) is 0.366. The molecule has 1 N–H and O–H groups in total. The molecule has 1 unspecified atom stereocenters. The van der Waals surface area contributed by atoms with Gasteiger partial charge in [0, 0.05) is 29.9 Å². The lowest BCUT2D eigenvalue weighted by Gasteiger charge is -2.42. The summed E-state index contributed by atoms with van der Waals surface area (Å²) in [6.07, 6.45) is 0.862. The van der Waals surface area contributed by atoms with Crippen LogP contribution in [0.4, 0.5) is 9.18 Å². The summed E-state index contributed by atoms with van der Waals surface area (Å²) in [6.45, 7) is 10.0. The summed E-state index contributed by atoms with van der Waals surface area (Å²) in [5.74, 6) is -0.427. The minimum atomic E-state index is -0.604. The van der Waals surface area contributed by atoms with Gasteiger partial charge in [0.25, 0.3) is 0 Å². The van der Waals surface area contributed by atoms with E-state index in [1.54, 1.807) is 24.0 Å². The van der Waals surface area contributed by atoms with Gasteiger partial charge in [-0.15, -0.1) is 0 Å². The molecule has 3 aromatic carbocycles. The number of benzene rings is 3. The summed E-state index contributed by atoms with van der Waals surface area (Å²) < 4.78 is 20.2. The van der Waals surface area contributed by atoms with Crippen LogP contribution in [0.25, 0.3) is 10.8 Å². The zero-order valence-corrected chi connectivity index (χ0v) is 23.5. The van der Waals surface area contributed by atoms with Gasteiger partial charge in [0.15, 0.2) is 0 Å². The van der Waals surface area contributed by atoms with Crippen LogP contribution < -0.4 is 5.32 Å². The number of carbonyl (C=O) groups is 2. The first-order valence-corrected chi connectivity index (χ1v) is 13.5. The monoisotopic (exact) mass is 538 g/mol. The van der Waals surface area contributed by atoms with Crippen LogP contribution in [0.3, 0.4) is 0 Å². The number of piperidine rings is 1. The Morgan fingerprint density at radius 2 is 1.79 bits per heavy atom. The molecule has 2 amide bonds. The lowest BCUT2D eigenvalue weighted by Crippen LogP contribution is -2.48. The second-order valence-electron chi connectivity index (χ2n) is 11.4. The number of likely N-dealkylation sites (tertiary alicyclic amines) is 1. The molecular weight excluding hydrogens is 503 g/mol. The van der Waals surface area contributed by atoms with Crippen molar-refractivity contribution in [2.45, 2.75) is 70.9 Å². The summed E-state index contributed by atoms with van der Waals surface area (Å²) in [4.78, 5) is 27.9. The van der Waals surface area contributed by atoms with Gasteiger partial charge in [-0.3, -0.25) is 4.79 Å². The molecule has 202 valence electrons. The highest BCUT2D eigenvalue weighted by molar-refractivity contribution is 6.31. The first kappa shape index (κ1) is 27.9. The van der Waals surface area contributed by atoms with Gasteiger partial charge in [-0.1, -0.05) is 48.0 Å². The molecule has 0 radical (unpaired) electrons. The van der Waals surface area contributed by atoms with Gasteiger partial charge < -0.3 is 15.0 Å². The maximum atomic E-state index is 14.7. The van der Waals surface area contributed by atoms with Crippen molar-refractivity contribution in [3.8, 4) is 0 Å². The first-order chi connectivity index (χ1) is 17.9. The fraction of sp³-hybridized carbons (Fsp3) is 0.419. The Morgan fingerprint density at radius 1 is 1.11 bits per heavy atom. The van der Waals surface area contributed by atoms with Gasteiger partial charge in [-0.2, -0.15) is 0 Å². The van der Waals surface area contributed by atoms with Crippen LogP contribution in [0.1, 0.15) is 69.7 Å². The number of fused-ring (bicyclic) bond motifs is 1. The fourth-order valence-corrected chi connectivity index (χ4v) is 5.51. The molecular formula is C31H36ClFN2O3. The Kier molecular flexibility index (Phi) is 8.03. The van der Waals surface area contributed by atoms with Crippen molar-refractivity contribution in [3.63, 3.8) is 0 Å². The third kappa shape index (κ3) is 6.29. The number of carbonyl (C=O) groups excluding carboxylic acids is 2. The molecule has 1 heterocycles. The second-order valence-corrected chi connectivity index (χ2v) is 11.8. The minimum Gasteiger partial charge on any atom is -0.444 e. The predicted molar refractivity (Wildman–Crippen MR) is 150 cm³/mol. The molecule has 0 aromatic heterocycles. The van der Waals surface area contributed by atoms with E-state index in [0.717, 1.165) is 21.9 Å². The number of rotatable bonds is 5. The predicted octanol–water partition coefficient (Wildman–Crippen LogP) is 7.48. The number of ether oxygens (including phenoxy) is 1. The van der Waals surface area contributed by atoms with Crippen LogP contribution in [0.15, 0.2) is 54.6 Å². The zero-order chi connectivity index (χ0) is 27.7. The van der Waals surface area contributed by atoms with Crippen molar-refractivity contribution in [3.05, 3.63) is 82.1 Å². The number of amides is 2. The highest BCUT2D eigenvalue weighted by Crippen LogP contribution is 2.40. The topological polar surface area (TPSA) is 58.6 Å². The maximum Gasteiger partial charge on any atom is 0.410 e. The van der Waals surface area contributed by atoms with Crippen LogP contribution in [0.2, 0.25) is 5.02 Å². The van der Waals surface area contributed by atoms with Crippen molar-refractivity contribution < 1.29 is 18.7 Å². The maximum absolute atomic E-state index is 14.7. The summed E-state index contributed by atoms with van der Waals surface area (Å²) in [6, 6.07) is 16.7. The smallest absolute Gasteiger partial charge is 0.410 e. The second kappa shape index (κ2) is 10.9. The van der Waals surface area contributed by atoms with Crippen LogP contribution in [-0.2, 0) is 14.9 Å². The molecule has 1 aliphatic rings. The number of hydrogen-bond donors (Lipinski definition) is 1. The Hall–Kier alpha value is -3.12. The fourth-order valence-electron chi connectivity index (χ4n) is 5.27. The van der Waals surface area contributed by atoms with Crippen molar-refractivity contribution in [2.24, 2.45) is 0 Å². The number of halogens is 2. The van der Waals surface area contributed by atoms with Gasteiger partial charge in [0.1, 0.15) is 11.4 Å². The van der Waals surface area contributed by atoms with E-state index < -0.39 is 11.0 Å². The summed E-state index contributed by atoms with van der Waals surface area (Å²) in [7, 11) is 0. The molecule has 0 aliphatic carbocycles. The Bertz CT molecular complexity index is 1340. The molecule has 0 saturated carbocycles. The average molecular weight is 539 g/mol. The molecule has 1 fully saturated rings. The number of nitrogens with one attached hydrogen (secondary N) is 1. The molecule has 38 heavy (non-hydrogen) atoms. The summed E-state index contributed by atoms with van der Waals surface area (Å²) in [5, 5.41) is 5.81. The van der Waals surface area contributed by atoms with E-state index in [1.165, 1.54) is 0 Å². The largest absolute Gasteiger partial charge is 0.444 e. The molecule has 4 rings (SSSR count). The molecule has 5 nitrogen and oxygen atoms in total. The van der Waals surface area contributed by atoms with E-state index >= 15 is 0 Å². The van der Waals surface area contributed by atoms with Crippen LogP contribution >= 0.6 is 11.6 Å². The standard InChI is InChI=1S/C31H36ClFN2O3/c1-20-10-11-23(17-27(20)33)31(12-14-35(15-13-31)29(37)38-30(3,4)5)19-28(36)34-21(2)26-18-24(32)16-22-8-6-7-9-25(22)26/h6-11,16-18,21H,12-15,19H2,1-5H3,(H,34,36). The molecule has 1 aliphatic heterocycles. The summed E-state index contributed by atoms with van der Waals surface area (Å²) in [5.41, 5.74) is 1.08. The van der Waals surface area contributed by atoms with Gasteiger partial charge in [-0.05, 0) is 93.1 Å². The summed E-state index contributed by atoms with van der Waals surface area (Å²) >= 11 is 6.38. The Balaban J connectivity index is 1.56. The van der Waals surface area contributed by atoms with Crippen molar-refractivity contribution in [2.75, 3.05) is 13.1 Å². The SMILES string of the molecule is Cc1ccc(C2(CC(=O)NC(C)c3cc(Cl)cc4ccccc34)CCN(C(=O)OC(C)(C)C)CC2)cc1F. The molecule has 1 atom stereocenters. The van der Waals surface area contributed by atoms with Gasteiger partial charge >= 0.3 is 6.09 Å². The normalized spacial score (nSPS) is 16.2. The highest BCUT2D eigenvalue weighted by Gasteiger charge is 2.40. The van der Waals surface area contributed by atoms with E-state index in [9.17, 15) is 14.0 Å². The van der Waals surface area contributed by atoms with Crippen LogP contribution in [0, 0.1) is 12.7 Å². The van der Waals surface area contributed by atoms with E-state index in [0.29, 0.717) is 36.5 Å². The first-order valence-electron chi connectivity index (χ1n) is 13.1. The number of aryl methyl sites for hydroxylation is 1. The van der Waals surface area contributed by atoms with Gasteiger partial charge in [-0.25, -0.2) is 9.18 Å². The number of nitrogens with zero attached hydrogens (tertiary/aromatic N) is 1. The van der Waals surface area contributed by atoms with E-state index in [4.69, 9.17) is 16.3 Å². The van der Waals surface area contributed by atoms with Crippen LogP contribution in [-0.4, -0.2) is 35.6 Å². The molecule has 0 spiro atoms. The van der Waals surface area contributed by atoms with E-state index in [1.807, 2.05) is 70.2 Å². The highest BCUT2D eigenvalue weighted by atomic mass is 35.5. The third-order valence-electron chi connectivity index (χ3n) is 7.36. The van der Waals surface area contributed by atoms with E-state index in [-0.39, 0.29) is 30.3 Å². The van der Waals surface area contributed by atoms with E-state index in [2.05, 4.69) is 5.32 Å². The lowest BCUT2D eigenvalue weighted by atomic mass is 9.70. The van der Waals surface area contributed by atoms with Crippen molar-refractivity contribution in [1.82, 2.24) is 10.2 Å².